The number of carbonyl (C=O) groups excluding carboxylic acids is 1. The van der Waals surface area contributed by atoms with Crippen molar-refractivity contribution < 1.29 is 9.53 Å². The van der Waals surface area contributed by atoms with Crippen LogP contribution in [0.2, 0.25) is 0 Å². The van der Waals surface area contributed by atoms with Gasteiger partial charge in [0.05, 0.1) is 5.69 Å². The second kappa shape index (κ2) is 4.87. The monoisotopic (exact) mass is 252 g/mol. The van der Waals surface area contributed by atoms with E-state index < -0.39 is 6.10 Å². The number of thiol groups is 1. The summed E-state index contributed by atoms with van der Waals surface area (Å²) in [7, 11) is 0. The van der Waals surface area contributed by atoms with Gasteiger partial charge in [0.15, 0.2) is 6.10 Å². The number of ether oxygens (including phenoxy) is 1. The Morgan fingerprint density at radius 1 is 1.53 bits per heavy atom. The summed E-state index contributed by atoms with van der Waals surface area (Å²) in [4.78, 5) is 13.8. The number of hydrogen-bond donors (Lipinski definition) is 2. The summed E-state index contributed by atoms with van der Waals surface area (Å²) < 4.78 is 5.54. The highest BCUT2D eigenvalue weighted by atomic mass is 32.1. The molecule has 17 heavy (non-hydrogen) atoms. The molecule has 1 heterocycles. The molecule has 5 heteroatoms. The molecule has 2 N–H and O–H groups in total. The number of hydrogen-bond acceptors (Lipinski definition) is 4. The highest BCUT2D eigenvalue weighted by Gasteiger charge is 2.30. The van der Waals surface area contributed by atoms with Gasteiger partial charge in [0, 0.05) is 12.2 Å². The molecule has 0 radical (unpaired) electrons. The van der Waals surface area contributed by atoms with Gasteiger partial charge < -0.3 is 15.4 Å². The quantitative estimate of drug-likeness (QED) is 0.636. The Bertz CT molecular complexity index is 437. The van der Waals surface area contributed by atoms with Gasteiger partial charge in [0.25, 0.3) is 5.91 Å². The smallest absolute Gasteiger partial charge is 0.267 e. The maximum Gasteiger partial charge on any atom is 0.267 e. The van der Waals surface area contributed by atoms with Crippen LogP contribution in [-0.2, 0) is 4.79 Å². The summed E-state index contributed by atoms with van der Waals surface area (Å²) in [6.07, 6.45) is 0.404. The predicted molar refractivity (Wildman–Crippen MR) is 71.8 cm³/mol. The van der Waals surface area contributed by atoms with Crippen molar-refractivity contribution in [2.75, 3.05) is 22.9 Å². The van der Waals surface area contributed by atoms with Crippen LogP contribution in [0.3, 0.4) is 0 Å². The topological polar surface area (TPSA) is 55.6 Å². The van der Waals surface area contributed by atoms with Crippen molar-refractivity contribution in [1.29, 1.82) is 0 Å². The third kappa shape index (κ3) is 2.34. The van der Waals surface area contributed by atoms with Crippen LogP contribution in [0.4, 0.5) is 11.4 Å². The van der Waals surface area contributed by atoms with E-state index in [4.69, 9.17) is 10.5 Å². The molecule has 1 unspecified atom stereocenters. The van der Waals surface area contributed by atoms with Gasteiger partial charge in [0.1, 0.15) is 5.75 Å². The van der Waals surface area contributed by atoms with E-state index in [-0.39, 0.29) is 5.91 Å². The highest BCUT2D eigenvalue weighted by molar-refractivity contribution is 7.80. The average Bonchev–Trinajstić information content (AvgIpc) is 2.31. The van der Waals surface area contributed by atoms with E-state index in [1.807, 2.05) is 0 Å². The van der Waals surface area contributed by atoms with Gasteiger partial charge in [-0.15, -0.1) is 0 Å². The Morgan fingerprint density at radius 2 is 2.29 bits per heavy atom. The SMILES string of the molecule is CC1Oc2ccc(N)cc2N(CCCS)C1=O. The standard InChI is InChI=1S/C12H16N2O2S/c1-8-12(15)14(5-2-6-17)10-7-9(13)3-4-11(10)16-8/h3-4,7-8,17H,2,5-6,13H2,1H3. The molecule has 4 nitrogen and oxygen atoms in total. The lowest BCUT2D eigenvalue weighted by atomic mass is 10.1. The number of fused-ring (bicyclic) bond motifs is 1. The Labute approximate surface area is 106 Å². The summed E-state index contributed by atoms with van der Waals surface area (Å²) in [5.74, 6) is 1.44. The van der Waals surface area contributed by atoms with Crippen molar-refractivity contribution in [1.82, 2.24) is 0 Å². The lowest BCUT2D eigenvalue weighted by molar-refractivity contribution is -0.125. The number of nitrogen functional groups attached to an aromatic ring is 1. The molecule has 1 aromatic carbocycles. The fraction of sp³-hybridized carbons (Fsp3) is 0.417. The largest absolute Gasteiger partial charge is 0.479 e. The summed E-state index contributed by atoms with van der Waals surface area (Å²) in [6.45, 7) is 2.40. The average molecular weight is 252 g/mol. The zero-order valence-corrected chi connectivity index (χ0v) is 10.6. The summed E-state index contributed by atoms with van der Waals surface area (Å²) in [5.41, 5.74) is 7.13. The van der Waals surface area contributed by atoms with Gasteiger partial charge >= 0.3 is 0 Å². The normalized spacial score (nSPS) is 18.8. The fourth-order valence-electron chi connectivity index (χ4n) is 1.88. The van der Waals surface area contributed by atoms with E-state index in [9.17, 15) is 4.79 Å². The van der Waals surface area contributed by atoms with Crippen molar-refractivity contribution in [3.05, 3.63) is 18.2 Å². The molecule has 1 atom stereocenters. The highest BCUT2D eigenvalue weighted by Crippen LogP contribution is 2.35. The van der Waals surface area contributed by atoms with Gasteiger partial charge in [-0.05, 0) is 37.3 Å². The second-order valence-corrected chi connectivity index (χ2v) is 4.50. The summed E-state index contributed by atoms with van der Waals surface area (Å²) in [5, 5.41) is 0. The number of anilines is 2. The maximum atomic E-state index is 12.0. The van der Waals surface area contributed by atoms with Gasteiger partial charge in [-0.25, -0.2) is 0 Å². The Hall–Kier alpha value is -1.36. The minimum atomic E-state index is -0.439. The molecule has 1 aliphatic heterocycles. The molecular weight excluding hydrogens is 236 g/mol. The lowest BCUT2D eigenvalue weighted by Gasteiger charge is -2.33. The van der Waals surface area contributed by atoms with E-state index in [1.165, 1.54) is 0 Å². The fourth-order valence-corrected chi connectivity index (χ4v) is 2.02. The Kier molecular flexibility index (Phi) is 3.47. The Balaban J connectivity index is 2.36. The van der Waals surface area contributed by atoms with Crippen molar-refractivity contribution in [3.8, 4) is 5.75 Å². The van der Waals surface area contributed by atoms with E-state index in [0.29, 0.717) is 18.0 Å². The first-order valence-electron chi connectivity index (χ1n) is 5.62. The molecule has 1 aromatic rings. The van der Waals surface area contributed by atoms with Crippen molar-refractivity contribution in [2.45, 2.75) is 19.4 Å². The van der Waals surface area contributed by atoms with Crippen LogP contribution >= 0.6 is 12.6 Å². The van der Waals surface area contributed by atoms with E-state index in [0.717, 1.165) is 17.9 Å². The number of rotatable bonds is 3. The molecular formula is C12H16N2O2S. The number of nitrogens with two attached hydrogens (primary N) is 1. The molecule has 0 spiro atoms. The minimum absolute atomic E-state index is 0.0233. The molecule has 1 amide bonds. The van der Waals surface area contributed by atoms with Crippen LogP contribution < -0.4 is 15.4 Å². The Morgan fingerprint density at radius 3 is 3.00 bits per heavy atom. The molecule has 0 saturated carbocycles. The van der Waals surface area contributed by atoms with Gasteiger partial charge in [-0.2, -0.15) is 12.6 Å². The van der Waals surface area contributed by atoms with Crippen LogP contribution in [0.1, 0.15) is 13.3 Å². The zero-order valence-electron chi connectivity index (χ0n) is 9.72. The molecule has 1 aliphatic rings. The van der Waals surface area contributed by atoms with Crippen LogP contribution in [0, 0.1) is 0 Å². The molecule has 0 fully saturated rings. The van der Waals surface area contributed by atoms with Crippen LogP contribution in [-0.4, -0.2) is 24.3 Å². The van der Waals surface area contributed by atoms with E-state index in [1.54, 1.807) is 30.0 Å². The molecule has 0 saturated heterocycles. The number of amides is 1. The molecule has 0 aliphatic carbocycles. The van der Waals surface area contributed by atoms with Crippen LogP contribution in [0.5, 0.6) is 5.75 Å². The van der Waals surface area contributed by atoms with Crippen molar-refractivity contribution in [2.24, 2.45) is 0 Å². The summed E-state index contributed by atoms with van der Waals surface area (Å²) in [6, 6.07) is 5.36. The first kappa shape index (κ1) is 12.1. The molecule has 0 aromatic heterocycles. The minimum Gasteiger partial charge on any atom is -0.479 e. The third-order valence-electron chi connectivity index (χ3n) is 2.73. The second-order valence-electron chi connectivity index (χ2n) is 4.05. The number of nitrogens with zero attached hydrogens (tertiary/aromatic N) is 1. The van der Waals surface area contributed by atoms with Gasteiger partial charge in [0.2, 0.25) is 0 Å². The number of benzene rings is 1. The van der Waals surface area contributed by atoms with E-state index >= 15 is 0 Å². The molecule has 0 bridgehead atoms. The van der Waals surface area contributed by atoms with Crippen LogP contribution in [0.15, 0.2) is 18.2 Å². The maximum absolute atomic E-state index is 12.0. The molecule has 92 valence electrons. The van der Waals surface area contributed by atoms with Crippen molar-refractivity contribution >= 4 is 29.9 Å². The number of carbonyl (C=O) groups is 1. The lowest BCUT2D eigenvalue weighted by Crippen LogP contribution is -2.45. The predicted octanol–water partition coefficient (Wildman–Crippen LogP) is 1.70. The van der Waals surface area contributed by atoms with Crippen LogP contribution in [0.25, 0.3) is 0 Å². The van der Waals surface area contributed by atoms with Gasteiger partial charge in [-0.1, -0.05) is 0 Å². The molecule has 2 rings (SSSR count). The third-order valence-corrected chi connectivity index (χ3v) is 3.05. The first-order valence-corrected chi connectivity index (χ1v) is 6.25. The van der Waals surface area contributed by atoms with E-state index in [2.05, 4.69) is 12.6 Å². The summed E-state index contributed by atoms with van der Waals surface area (Å²) >= 11 is 4.17. The first-order chi connectivity index (χ1) is 8.13. The zero-order chi connectivity index (χ0) is 12.4. The van der Waals surface area contributed by atoms with Gasteiger partial charge in [-0.3, -0.25) is 4.79 Å². The van der Waals surface area contributed by atoms with Crippen molar-refractivity contribution in [3.63, 3.8) is 0 Å².